The molecule has 2 rings (SSSR count). The first-order chi connectivity index (χ1) is 11.0. The molecule has 23 heavy (non-hydrogen) atoms. The third kappa shape index (κ3) is 4.86. The van der Waals surface area contributed by atoms with Crippen LogP contribution in [0.5, 0.6) is 11.5 Å². The molecule has 0 saturated heterocycles. The summed E-state index contributed by atoms with van der Waals surface area (Å²) < 4.78 is 12.0. The van der Waals surface area contributed by atoms with E-state index < -0.39 is 5.97 Å². The van der Waals surface area contributed by atoms with Crippen LogP contribution < -0.4 is 9.47 Å². The van der Waals surface area contributed by atoms with E-state index in [2.05, 4.69) is 15.9 Å². The molecule has 0 saturated carbocycles. The summed E-state index contributed by atoms with van der Waals surface area (Å²) in [6.07, 6.45) is 2.56. The predicted molar refractivity (Wildman–Crippen MR) is 92.9 cm³/mol. The Morgan fingerprint density at radius 3 is 2.57 bits per heavy atom. The molecule has 4 nitrogen and oxygen atoms in total. The Hall–Kier alpha value is -2.27. The summed E-state index contributed by atoms with van der Waals surface area (Å²) in [6, 6.07) is 11.6. The first kappa shape index (κ1) is 17.1. The average molecular weight is 377 g/mol. The van der Waals surface area contributed by atoms with E-state index in [1.54, 1.807) is 19.2 Å². The highest BCUT2D eigenvalue weighted by atomic mass is 79.9. The molecule has 0 spiro atoms. The first-order valence-electron chi connectivity index (χ1n) is 6.96. The third-order valence-electron chi connectivity index (χ3n) is 3.18. The van der Waals surface area contributed by atoms with Gasteiger partial charge in [0, 0.05) is 16.1 Å². The van der Waals surface area contributed by atoms with Gasteiger partial charge >= 0.3 is 5.97 Å². The van der Waals surface area contributed by atoms with Crippen molar-refractivity contribution in [3.63, 3.8) is 0 Å². The minimum Gasteiger partial charge on any atom is -0.493 e. The smallest absolute Gasteiger partial charge is 0.328 e. The maximum atomic E-state index is 10.8. The van der Waals surface area contributed by atoms with E-state index in [4.69, 9.17) is 14.6 Å². The zero-order valence-electron chi connectivity index (χ0n) is 12.9. The lowest BCUT2D eigenvalue weighted by molar-refractivity contribution is -0.131. The summed E-state index contributed by atoms with van der Waals surface area (Å²) in [6.45, 7) is 2.39. The molecule has 0 aromatic heterocycles. The van der Waals surface area contributed by atoms with Crippen LogP contribution in [0.2, 0.25) is 0 Å². The number of hydrogen-bond donors (Lipinski definition) is 1. The quantitative estimate of drug-likeness (QED) is 0.756. The topological polar surface area (TPSA) is 55.8 Å². The monoisotopic (exact) mass is 376 g/mol. The first-order valence-corrected chi connectivity index (χ1v) is 7.76. The minimum atomic E-state index is -1.02. The number of rotatable bonds is 6. The minimum absolute atomic E-state index is 0.367. The molecule has 0 bridgehead atoms. The average Bonchev–Trinajstić information content (AvgIpc) is 2.52. The van der Waals surface area contributed by atoms with Crippen LogP contribution in [0.4, 0.5) is 0 Å². The van der Waals surface area contributed by atoms with Crippen molar-refractivity contribution in [1.82, 2.24) is 0 Å². The summed E-state index contributed by atoms with van der Waals surface area (Å²) in [5, 5.41) is 8.82. The number of aliphatic carboxylic acids is 1. The van der Waals surface area contributed by atoms with Crippen molar-refractivity contribution in [2.45, 2.75) is 13.5 Å². The standard InChI is InChI=1S/C18H17BrO4/c1-12-3-5-13(6-4-12)11-23-18-14(7-8-17(20)21)9-15(19)10-16(18)22-2/h3-10H,11H2,1-2H3,(H,20,21). The van der Waals surface area contributed by atoms with E-state index in [0.29, 0.717) is 23.7 Å². The van der Waals surface area contributed by atoms with Crippen molar-refractivity contribution in [2.24, 2.45) is 0 Å². The highest BCUT2D eigenvalue weighted by Crippen LogP contribution is 2.36. The second-order valence-corrected chi connectivity index (χ2v) is 5.89. The molecule has 0 radical (unpaired) electrons. The number of carboxylic acids is 1. The zero-order chi connectivity index (χ0) is 16.8. The number of hydrogen-bond acceptors (Lipinski definition) is 3. The van der Waals surface area contributed by atoms with E-state index in [1.165, 1.54) is 11.6 Å². The van der Waals surface area contributed by atoms with E-state index in [-0.39, 0.29) is 0 Å². The molecule has 0 atom stereocenters. The number of carboxylic acid groups (broad SMARTS) is 1. The second kappa shape index (κ2) is 7.83. The molecule has 2 aromatic carbocycles. The van der Waals surface area contributed by atoms with Gasteiger partial charge in [-0.1, -0.05) is 45.8 Å². The Morgan fingerprint density at radius 2 is 1.96 bits per heavy atom. The second-order valence-electron chi connectivity index (χ2n) is 4.97. The van der Waals surface area contributed by atoms with Gasteiger partial charge < -0.3 is 14.6 Å². The Kier molecular flexibility index (Phi) is 5.82. The third-order valence-corrected chi connectivity index (χ3v) is 3.64. The molecule has 0 amide bonds. The predicted octanol–water partition coefficient (Wildman–Crippen LogP) is 4.44. The Balaban J connectivity index is 2.30. The van der Waals surface area contributed by atoms with Gasteiger partial charge in [0.25, 0.3) is 0 Å². The molecular formula is C18H17BrO4. The summed E-state index contributed by atoms with van der Waals surface area (Å²) in [5.41, 5.74) is 2.83. The van der Waals surface area contributed by atoms with E-state index in [0.717, 1.165) is 16.1 Å². The van der Waals surface area contributed by atoms with Gasteiger partial charge in [0.1, 0.15) is 6.61 Å². The van der Waals surface area contributed by atoms with Crippen LogP contribution in [0.15, 0.2) is 46.9 Å². The fraction of sp³-hybridized carbons (Fsp3) is 0.167. The maximum absolute atomic E-state index is 10.8. The van der Waals surface area contributed by atoms with E-state index in [1.807, 2.05) is 31.2 Å². The van der Waals surface area contributed by atoms with Crippen LogP contribution in [-0.4, -0.2) is 18.2 Å². The number of carbonyl (C=O) groups is 1. The highest BCUT2D eigenvalue weighted by molar-refractivity contribution is 9.10. The summed E-state index contributed by atoms with van der Waals surface area (Å²) >= 11 is 3.38. The van der Waals surface area contributed by atoms with E-state index in [9.17, 15) is 4.79 Å². The lowest BCUT2D eigenvalue weighted by Gasteiger charge is -2.14. The Bertz CT molecular complexity index is 721. The largest absolute Gasteiger partial charge is 0.493 e. The van der Waals surface area contributed by atoms with Gasteiger partial charge in [-0.05, 0) is 30.7 Å². The fourth-order valence-electron chi connectivity index (χ4n) is 2.02. The summed E-state index contributed by atoms with van der Waals surface area (Å²) in [4.78, 5) is 10.8. The van der Waals surface area contributed by atoms with Gasteiger partial charge in [-0.15, -0.1) is 0 Å². The van der Waals surface area contributed by atoms with Gasteiger partial charge in [0.2, 0.25) is 0 Å². The van der Waals surface area contributed by atoms with Crippen LogP contribution >= 0.6 is 15.9 Å². The van der Waals surface area contributed by atoms with Crippen molar-refractivity contribution in [3.05, 3.63) is 63.6 Å². The molecule has 0 fully saturated rings. The number of methoxy groups -OCH3 is 1. The molecule has 1 N–H and O–H groups in total. The van der Waals surface area contributed by atoms with Crippen molar-refractivity contribution >= 4 is 28.0 Å². The lowest BCUT2D eigenvalue weighted by Crippen LogP contribution is -2.00. The molecule has 0 heterocycles. The lowest BCUT2D eigenvalue weighted by atomic mass is 10.1. The van der Waals surface area contributed by atoms with Crippen LogP contribution in [0.25, 0.3) is 6.08 Å². The normalized spacial score (nSPS) is 10.7. The van der Waals surface area contributed by atoms with Crippen LogP contribution in [0.1, 0.15) is 16.7 Å². The molecule has 0 aliphatic heterocycles. The SMILES string of the molecule is COc1cc(Br)cc(C=CC(=O)O)c1OCc1ccc(C)cc1. The van der Waals surface area contributed by atoms with Gasteiger partial charge in [-0.2, -0.15) is 0 Å². The fourth-order valence-corrected chi connectivity index (χ4v) is 2.47. The molecular weight excluding hydrogens is 360 g/mol. The van der Waals surface area contributed by atoms with Crippen molar-refractivity contribution in [3.8, 4) is 11.5 Å². The number of halogens is 1. The number of aryl methyl sites for hydroxylation is 1. The summed E-state index contributed by atoms with van der Waals surface area (Å²) in [5.74, 6) is 0.0266. The van der Waals surface area contributed by atoms with Gasteiger partial charge in [-0.3, -0.25) is 0 Å². The molecule has 0 aliphatic rings. The Labute approximate surface area is 143 Å². The highest BCUT2D eigenvalue weighted by Gasteiger charge is 2.12. The van der Waals surface area contributed by atoms with Crippen LogP contribution in [0, 0.1) is 6.92 Å². The van der Waals surface area contributed by atoms with Crippen LogP contribution in [-0.2, 0) is 11.4 Å². The van der Waals surface area contributed by atoms with Gasteiger partial charge in [0.05, 0.1) is 7.11 Å². The molecule has 2 aromatic rings. The molecule has 0 aliphatic carbocycles. The maximum Gasteiger partial charge on any atom is 0.328 e. The van der Waals surface area contributed by atoms with Gasteiger partial charge in [0.15, 0.2) is 11.5 Å². The van der Waals surface area contributed by atoms with E-state index >= 15 is 0 Å². The molecule has 5 heteroatoms. The zero-order valence-corrected chi connectivity index (χ0v) is 14.5. The van der Waals surface area contributed by atoms with Crippen molar-refractivity contribution in [2.75, 3.05) is 7.11 Å². The molecule has 120 valence electrons. The van der Waals surface area contributed by atoms with Crippen molar-refractivity contribution < 1.29 is 19.4 Å². The summed E-state index contributed by atoms with van der Waals surface area (Å²) in [7, 11) is 1.55. The van der Waals surface area contributed by atoms with Crippen molar-refractivity contribution in [1.29, 1.82) is 0 Å². The number of benzene rings is 2. The van der Waals surface area contributed by atoms with Gasteiger partial charge in [-0.25, -0.2) is 4.79 Å². The number of ether oxygens (including phenoxy) is 2. The van der Waals surface area contributed by atoms with Crippen LogP contribution in [0.3, 0.4) is 0 Å². The Morgan fingerprint density at radius 1 is 1.26 bits per heavy atom. The molecule has 0 unspecified atom stereocenters.